The standard InChI is InChI=1S/C17H25ClN2O4S.ClH/c1-12-9-19-6-4-15(12)20-25(21,22)17-8-14(18)2-3-16(17)24-11-13-5-7-23-10-13;/h2-3,8,12-13,15,19-20H,4-7,9-11H2,1H3;1H. The highest BCUT2D eigenvalue weighted by Crippen LogP contribution is 2.29. The highest BCUT2D eigenvalue weighted by atomic mass is 35.5. The number of ether oxygens (including phenoxy) is 2. The summed E-state index contributed by atoms with van der Waals surface area (Å²) in [5, 5.41) is 3.64. The van der Waals surface area contributed by atoms with Crippen molar-refractivity contribution in [2.75, 3.05) is 32.9 Å². The van der Waals surface area contributed by atoms with E-state index in [9.17, 15) is 8.42 Å². The van der Waals surface area contributed by atoms with Crippen LogP contribution in [0.15, 0.2) is 23.1 Å². The van der Waals surface area contributed by atoms with Gasteiger partial charge in [-0.1, -0.05) is 18.5 Å². The van der Waals surface area contributed by atoms with Crippen molar-refractivity contribution in [2.45, 2.75) is 30.7 Å². The summed E-state index contributed by atoms with van der Waals surface area (Å²) in [6, 6.07) is 4.63. The van der Waals surface area contributed by atoms with E-state index >= 15 is 0 Å². The Morgan fingerprint density at radius 1 is 1.38 bits per heavy atom. The number of nitrogens with one attached hydrogen (secondary N) is 2. The van der Waals surface area contributed by atoms with Crippen molar-refractivity contribution >= 4 is 34.0 Å². The Bertz CT molecular complexity index is 696. The molecule has 6 nitrogen and oxygen atoms in total. The Labute approximate surface area is 166 Å². The lowest BCUT2D eigenvalue weighted by atomic mass is 9.97. The van der Waals surface area contributed by atoms with Crippen molar-refractivity contribution in [3.05, 3.63) is 23.2 Å². The van der Waals surface area contributed by atoms with Crippen LogP contribution in [0.4, 0.5) is 0 Å². The Kier molecular flexibility index (Phi) is 8.00. The van der Waals surface area contributed by atoms with E-state index in [2.05, 4.69) is 10.0 Å². The SMILES string of the molecule is CC1CNCCC1NS(=O)(=O)c1cc(Cl)ccc1OCC1CCOC1.Cl. The van der Waals surface area contributed by atoms with E-state index in [1.807, 2.05) is 6.92 Å². The topological polar surface area (TPSA) is 76.7 Å². The van der Waals surface area contributed by atoms with Crippen LogP contribution in [-0.4, -0.2) is 47.4 Å². The second kappa shape index (κ2) is 9.57. The van der Waals surface area contributed by atoms with Crippen LogP contribution in [0.25, 0.3) is 0 Å². The van der Waals surface area contributed by atoms with Gasteiger partial charge in [0.05, 0.1) is 13.2 Å². The van der Waals surface area contributed by atoms with Crippen LogP contribution in [0.5, 0.6) is 5.75 Å². The molecule has 3 atom stereocenters. The first-order valence-electron chi connectivity index (χ1n) is 8.69. The predicted octanol–water partition coefficient (Wildman–Crippen LogP) is 2.45. The molecule has 26 heavy (non-hydrogen) atoms. The molecule has 1 aromatic carbocycles. The molecule has 148 valence electrons. The molecule has 9 heteroatoms. The van der Waals surface area contributed by atoms with Gasteiger partial charge in [0.15, 0.2) is 0 Å². The molecule has 0 amide bonds. The first kappa shape index (κ1) is 21.7. The fraction of sp³-hybridized carbons (Fsp3) is 0.647. The van der Waals surface area contributed by atoms with Gasteiger partial charge in [-0.05, 0) is 50.0 Å². The van der Waals surface area contributed by atoms with Crippen LogP contribution in [0, 0.1) is 11.8 Å². The van der Waals surface area contributed by atoms with Crippen LogP contribution in [0.2, 0.25) is 5.02 Å². The van der Waals surface area contributed by atoms with Crippen LogP contribution < -0.4 is 14.8 Å². The molecular formula is C17H26Cl2N2O4S. The van der Waals surface area contributed by atoms with E-state index < -0.39 is 10.0 Å². The molecule has 2 saturated heterocycles. The summed E-state index contributed by atoms with van der Waals surface area (Å²) in [5.74, 6) is 0.858. The molecule has 2 fully saturated rings. The molecule has 3 unspecified atom stereocenters. The molecule has 0 bridgehead atoms. The number of piperidine rings is 1. The van der Waals surface area contributed by atoms with E-state index in [0.717, 1.165) is 32.5 Å². The zero-order valence-electron chi connectivity index (χ0n) is 14.7. The van der Waals surface area contributed by atoms with Gasteiger partial charge in [0.25, 0.3) is 0 Å². The molecule has 0 aliphatic carbocycles. The zero-order chi connectivity index (χ0) is 17.9. The first-order chi connectivity index (χ1) is 12.0. The fourth-order valence-electron chi connectivity index (χ4n) is 3.19. The fourth-order valence-corrected chi connectivity index (χ4v) is 4.97. The molecule has 0 saturated carbocycles. The second-order valence-electron chi connectivity index (χ2n) is 6.83. The van der Waals surface area contributed by atoms with Crippen LogP contribution in [0.3, 0.4) is 0 Å². The van der Waals surface area contributed by atoms with E-state index in [4.69, 9.17) is 21.1 Å². The van der Waals surface area contributed by atoms with Gasteiger partial charge in [-0.15, -0.1) is 12.4 Å². The summed E-state index contributed by atoms with van der Waals surface area (Å²) < 4.78 is 39.8. The summed E-state index contributed by atoms with van der Waals surface area (Å²) >= 11 is 6.04. The van der Waals surface area contributed by atoms with Gasteiger partial charge in [0.1, 0.15) is 10.6 Å². The number of rotatable bonds is 6. The van der Waals surface area contributed by atoms with Crippen molar-refractivity contribution in [3.63, 3.8) is 0 Å². The Balaban J connectivity index is 0.00000243. The maximum Gasteiger partial charge on any atom is 0.244 e. The first-order valence-corrected chi connectivity index (χ1v) is 10.5. The number of halogens is 2. The zero-order valence-corrected chi connectivity index (χ0v) is 17.1. The maximum absolute atomic E-state index is 12.9. The molecule has 2 N–H and O–H groups in total. The van der Waals surface area contributed by atoms with Crippen molar-refractivity contribution < 1.29 is 17.9 Å². The summed E-state index contributed by atoms with van der Waals surface area (Å²) in [6.45, 7) is 5.46. The average Bonchev–Trinajstić information content (AvgIpc) is 3.09. The van der Waals surface area contributed by atoms with E-state index in [-0.39, 0.29) is 29.3 Å². The monoisotopic (exact) mass is 424 g/mol. The second-order valence-corrected chi connectivity index (χ2v) is 8.95. The van der Waals surface area contributed by atoms with E-state index in [1.165, 1.54) is 6.07 Å². The van der Waals surface area contributed by atoms with Gasteiger partial charge < -0.3 is 14.8 Å². The lowest BCUT2D eigenvalue weighted by molar-refractivity contribution is 0.166. The average molecular weight is 425 g/mol. The number of sulfonamides is 1. The molecule has 1 aromatic rings. The largest absolute Gasteiger partial charge is 0.492 e. The molecule has 0 radical (unpaired) electrons. The third-order valence-corrected chi connectivity index (χ3v) is 6.53. The molecular weight excluding hydrogens is 399 g/mol. The number of benzene rings is 1. The van der Waals surface area contributed by atoms with Gasteiger partial charge in [-0.25, -0.2) is 13.1 Å². The molecule has 3 rings (SSSR count). The molecule has 0 aromatic heterocycles. The highest BCUT2D eigenvalue weighted by Gasteiger charge is 2.29. The third kappa shape index (κ3) is 5.47. The molecule has 2 aliphatic heterocycles. The maximum atomic E-state index is 12.9. The minimum Gasteiger partial charge on any atom is -0.492 e. The molecule has 2 aliphatic rings. The lowest BCUT2D eigenvalue weighted by Gasteiger charge is -2.30. The Morgan fingerprint density at radius 3 is 2.88 bits per heavy atom. The lowest BCUT2D eigenvalue weighted by Crippen LogP contribution is -2.48. The predicted molar refractivity (Wildman–Crippen MR) is 104 cm³/mol. The smallest absolute Gasteiger partial charge is 0.244 e. The summed E-state index contributed by atoms with van der Waals surface area (Å²) in [6.07, 6.45) is 1.69. The van der Waals surface area contributed by atoms with Gasteiger partial charge in [0.2, 0.25) is 10.0 Å². The van der Waals surface area contributed by atoms with Gasteiger partial charge in [0, 0.05) is 23.6 Å². The highest BCUT2D eigenvalue weighted by molar-refractivity contribution is 7.89. The van der Waals surface area contributed by atoms with Gasteiger partial charge >= 0.3 is 0 Å². The quantitative estimate of drug-likeness (QED) is 0.733. The van der Waals surface area contributed by atoms with Crippen molar-refractivity contribution in [3.8, 4) is 5.75 Å². The summed E-state index contributed by atoms with van der Waals surface area (Å²) in [5.41, 5.74) is 0. The third-order valence-electron chi connectivity index (χ3n) is 4.79. The van der Waals surface area contributed by atoms with Crippen molar-refractivity contribution in [2.24, 2.45) is 11.8 Å². The molecule has 2 heterocycles. The summed E-state index contributed by atoms with van der Waals surface area (Å²) in [7, 11) is -3.71. The minimum absolute atomic E-state index is 0. The van der Waals surface area contributed by atoms with Crippen molar-refractivity contribution in [1.29, 1.82) is 0 Å². The summed E-state index contributed by atoms with van der Waals surface area (Å²) in [4.78, 5) is 0.102. The van der Waals surface area contributed by atoms with Crippen LogP contribution >= 0.6 is 24.0 Å². The van der Waals surface area contributed by atoms with Crippen LogP contribution in [-0.2, 0) is 14.8 Å². The van der Waals surface area contributed by atoms with Crippen LogP contribution in [0.1, 0.15) is 19.8 Å². The van der Waals surface area contributed by atoms with E-state index in [0.29, 0.717) is 29.9 Å². The van der Waals surface area contributed by atoms with Gasteiger partial charge in [-0.2, -0.15) is 0 Å². The normalized spacial score (nSPS) is 26.3. The van der Waals surface area contributed by atoms with Gasteiger partial charge in [-0.3, -0.25) is 0 Å². The molecule has 0 spiro atoms. The number of hydrogen-bond donors (Lipinski definition) is 2. The Hall–Kier alpha value is -0.570. The minimum atomic E-state index is -3.71. The number of hydrogen-bond acceptors (Lipinski definition) is 5. The Morgan fingerprint density at radius 2 is 2.19 bits per heavy atom. The van der Waals surface area contributed by atoms with Crippen molar-refractivity contribution in [1.82, 2.24) is 10.0 Å². The van der Waals surface area contributed by atoms with E-state index in [1.54, 1.807) is 12.1 Å².